The van der Waals surface area contributed by atoms with Gasteiger partial charge in [0.1, 0.15) is 19.0 Å². The Labute approximate surface area is 231 Å². The van der Waals surface area contributed by atoms with Crippen LogP contribution in [-0.4, -0.2) is 43.0 Å². The molecule has 15 heteroatoms. The molecule has 1 aliphatic heterocycles. The lowest BCUT2D eigenvalue weighted by molar-refractivity contribution is -0.275. The first kappa shape index (κ1) is 30.0. The van der Waals surface area contributed by atoms with Crippen molar-refractivity contribution in [2.75, 3.05) is 13.1 Å². The monoisotopic (exact) mass is 607 g/mol. The van der Waals surface area contributed by atoms with Gasteiger partial charge in [-0.2, -0.15) is 26.3 Å². The van der Waals surface area contributed by atoms with Crippen LogP contribution in [0.25, 0.3) is 10.8 Å². The Kier molecular flexibility index (Phi) is 8.16. The molecule has 6 nitrogen and oxygen atoms in total. The zero-order valence-corrected chi connectivity index (χ0v) is 21.3. The quantitative estimate of drug-likeness (QED) is 0.319. The van der Waals surface area contributed by atoms with Gasteiger partial charge in [-0.3, -0.25) is 9.59 Å². The zero-order valence-electron chi connectivity index (χ0n) is 20.5. The van der Waals surface area contributed by atoms with Crippen molar-refractivity contribution in [3.05, 3.63) is 81.6 Å². The smallest absolute Gasteiger partial charge is 0.374 e. The van der Waals surface area contributed by atoms with Crippen molar-refractivity contribution < 1.29 is 49.5 Å². The molecule has 0 fully saturated rings. The van der Waals surface area contributed by atoms with Crippen molar-refractivity contribution in [1.82, 2.24) is 10.6 Å². The van der Waals surface area contributed by atoms with E-state index in [1.54, 1.807) is 11.4 Å². The molecule has 4 rings (SSSR count). The number of nitrogens with one attached hydrogen (secondary N) is 2. The van der Waals surface area contributed by atoms with Crippen LogP contribution >= 0.6 is 11.6 Å². The molecule has 2 amide bonds. The van der Waals surface area contributed by atoms with Crippen molar-refractivity contribution in [2.24, 2.45) is 5.16 Å². The highest BCUT2D eigenvalue weighted by atomic mass is 35.5. The molecule has 0 aliphatic carbocycles. The second-order valence-electron chi connectivity index (χ2n) is 8.98. The molecule has 1 atom stereocenters. The largest absolute Gasteiger partial charge is 0.435 e. The van der Waals surface area contributed by atoms with Crippen molar-refractivity contribution >= 4 is 39.9 Å². The molecular weight excluding hydrogens is 590 g/mol. The summed E-state index contributed by atoms with van der Waals surface area (Å²) in [5.74, 6) is -3.12. The number of oxime groups is 1. The van der Waals surface area contributed by atoms with Crippen LogP contribution < -0.4 is 10.6 Å². The fraction of sp³-hybridized carbons (Fsp3) is 0.269. The number of alkyl halides is 7. The van der Waals surface area contributed by atoms with E-state index >= 15 is 0 Å². The molecule has 0 unspecified atom stereocenters. The lowest BCUT2D eigenvalue weighted by Gasteiger charge is -2.30. The van der Waals surface area contributed by atoms with E-state index in [0.29, 0.717) is 12.1 Å². The minimum atomic E-state index is -5.10. The second kappa shape index (κ2) is 11.1. The summed E-state index contributed by atoms with van der Waals surface area (Å²) >= 11 is 5.73. The minimum absolute atomic E-state index is 0.0209. The predicted octanol–water partition coefficient (Wildman–Crippen LogP) is 6.09. The summed E-state index contributed by atoms with van der Waals surface area (Å²) in [4.78, 5) is 29.4. The topological polar surface area (TPSA) is 79.8 Å². The van der Waals surface area contributed by atoms with Crippen LogP contribution in [0.3, 0.4) is 0 Å². The first-order chi connectivity index (χ1) is 19.2. The van der Waals surface area contributed by atoms with Crippen LogP contribution in [0.15, 0.2) is 53.7 Å². The third-order valence-electron chi connectivity index (χ3n) is 6.27. The Morgan fingerprint density at radius 3 is 2.32 bits per heavy atom. The number of nitrogens with zero attached hydrogens (tertiary/aromatic N) is 1. The third kappa shape index (κ3) is 6.06. The molecule has 2 N–H and O–H groups in total. The summed E-state index contributed by atoms with van der Waals surface area (Å²) in [5.41, 5.74) is -4.55. The van der Waals surface area contributed by atoms with E-state index < -0.39 is 77.9 Å². The van der Waals surface area contributed by atoms with Gasteiger partial charge in [-0.25, -0.2) is 8.78 Å². The average molecular weight is 608 g/mol. The van der Waals surface area contributed by atoms with E-state index in [0.717, 1.165) is 0 Å². The van der Waals surface area contributed by atoms with E-state index in [1.807, 2.05) is 0 Å². The molecule has 0 saturated heterocycles. The van der Waals surface area contributed by atoms with Crippen molar-refractivity contribution in [3.8, 4) is 0 Å². The number of halogens is 9. The van der Waals surface area contributed by atoms with Gasteiger partial charge >= 0.3 is 12.4 Å². The third-order valence-corrected chi connectivity index (χ3v) is 6.55. The number of carbonyl (C=O) groups is 2. The Morgan fingerprint density at radius 2 is 1.68 bits per heavy atom. The van der Waals surface area contributed by atoms with Gasteiger partial charge in [0.25, 0.3) is 11.5 Å². The van der Waals surface area contributed by atoms with Crippen molar-refractivity contribution in [2.45, 2.75) is 31.0 Å². The summed E-state index contributed by atoms with van der Waals surface area (Å²) < 4.78 is 108. The maximum Gasteiger partial charge on any atom is 0.435 e. The highest BCUT2D eigenvalue weighted by Crippen LogP contribution is 2.50. The van der Waals surface area contributed by atoms with Gasteiger partial charge in [-0.1, -0.05) is 47.1 Å². The zero-order chi connectivity index (χ0) is 30.2. The molecule has 0 aromatic heterocycles. The highest BCUT2D eigenvalue weighted by Gasteiger charge is 2.62. The Balaban J connectivity index is 1.64. The summed E-state index contributed by atoms with van der Waals surface area (Å²) in [7, 11) is 0. The van der Waals surface area contributed by atoms with Crippen LogP contribution in [0.5, 0.6) is 0 Å². The predicted molar refractivity (Wildman–Crippen MR) is 132 cm³/mol. The fourth-order valence-electron chi connectivity index (χ4n) is 4.29. The Hall–Kier alpha value is -3.94. The number of amides is 2. The summed E-state index contributed by atoms with van der Waals surface area (Å²) in [6.45, 7) is -3.76. The molecule has 1 aliphatic rings. The highest BCUT2D eigenvalue weighted by molar-refractivity contribution is 6.30. The van der Waals surface area contributed by atoms with Crippen LogP contribution in [0, 0.1) is 5.82 Å². The van der Waals surface area contributed by atoms with Gasteiger partial charge in [-0.05, 0) is 29.0 Å². The maximum atomic E-state index is 14.4. The van der Waals surface area contributed by atoms with Gasteiger partial charge in [0.2, 0.25) is 5.91 Å². The van der Waals surface area contributed by atoms with Gasteiger partial charge in [0.05, 0.1) is 17.3 Å². The molecule has 3 aromatic rings. The molecular formula is C26H18ClF8N3O3. The molecule has 41 heavy (non-hydrogen) atoms. The molecule has 0 bridgehead atoms. The second-order valence-corrected chi connectivity index (χ2v) is 9.38. The number of carbonyl (C=O) groups excluding carboxylic acids is 2. The number of rotatable bonds is 7. The van der Waals surface area contributed by atoms with Crippen LogP contribution in [0.2, 0.25) is 5.02 Å². The average Bonchev–Trinajstić information content (AvgIpc) is 3.38. The van der Waals surface area contributed by atoms with Gasteiger partial charge in [0, 0.05) is 28.7 Å². The number of fused-ring (bicyclic) bond motifs is 1. The summed E-state index contributed by atoms with van der Waals surface area (Å²) in [6.07, 6.45) is -10.6. The summed E-state index contributed by atoms with van der Waals surface area (Å²) in [6, 6.07) is 9.93. The Bertz CT molecular complexity index is 1540. The van der Waals surface area contributed by atoms with E-state index in [9.17, 15) is 44.7 Å². The first-order valence-electron chi connectivity index (χ1n) is 11.7. The van der Waals surface area contributed by atoms with Crippen molar-refractivity contribution in [1.29, 1.82) is 0 Å². The molecule has 1 heterocycles. The van der Waals surface area contributed by atoms with Crippen molar-refractivity contribution in [3.63, 3.8) is 0 Å². The standard InChI is InChI=1S/C26H18ClF8N3O3/c27-19-8-14(7-13(10-28)22(19)29)24(26(33,34)35)9-20(38-41-24)17-5-6-18(16-4-2-1-3-15(16)17)23(40)36-11-21(39)37-12-25(30,31)32/h1-8H,9-12H2,(H,36,40)(H,37,39)/t24-/m0/s1. The fourth-order valence-corrected chi connectivity index (χ4v) is 4.53. The van der Waals surface area contributed by atoms with Crippen LogP contribution in [0.1, 0.15) is 33.5 Å². The molecule has 3 aromatic carbocycles. The maximum absolute atomic E-state index is 14.4. The van der Waals surface area contributed by atoms with Gasteiger partial charge in [0.15, 0.2) is 0 Å². The van der Waals surface area contributed by atoms with Crippen LogP contribution in [-0.2, 0) is 21.9 Å². The number of benzene rings is 3. The minimum Gasteiger partial charge on any atom is -0.374 e. The lowest BCUT2D eigenvalue weighted by Crippen LogP contribution is -2.42. The van der Waals surface area contributed by atoms with E-state index in [2.05, 4.69) is 10.5 Å². The molecule has 0 spiro atoms. The molecule has 218 valence electrons. The first-order valence-corrected chi connectivity index (χ1v) is 12.0. The number of hydrogen-bond acceptors (Lipinski definition) is 4. The van der Waals surface area contributed by atoms with Crippen LogP contribution in [0.4, 0.5) is 35.1 Å². The lowest BCUT2D eigenvalue weighted by atomic mass is 9.84. The normalized spacial score (nSPS) is 17.2. The van der Waals surface area contributed by atoms with E-state index in [1.165, 1.54) is 30.3 Å². The van der Waals surface area contributed by atoms with E-state index in [-0.39, 0.29) is 27.6 Å². The Morgan fingerprint density at radius 1 is 1.00 bits per heavy atom. The molecule has 0 radical (unpaired) electrons. The van der Waals surface area contributed by atoms with Gasteiger partial charge in [-0.15, -0.1) is 0 Å². The SMILES string of the molecule is O=C(CNC(=O)c1ccc(C2=NO[C@@](c3cc(Cl)c(F)c(CF)c3)(C(F)(F)F)C2)c2ccccc12)NCC(F)(F)F. The van der Waals surface area contributed by atoms with Gasteiger partial charge < -0.3 is 15.5 Å². The molecule has 0 saturated carbocycles. The number of hydrogen-bond donors (Lipinski definition) is 2. The van der Waals surface area contributed by atoms with E-state index in [4.69, 9.17) is 16.4 Å². The summed E-state index contributed by atoms with van der Waals surface area (Å²) in [5, 5.41) is 7.23.